The van der Waals surface area contributed by atoms with Crippen LogP contribution in [0.1, 0.15) is 71.0 Å². The first-order valence-electron chi connectivity index (χ1n) is 8.50. The molecule has 0 aromatic carbocycles. The molecule has 2 aliphatic rings. The summed E-state index contributed by atoms with van der Waals surface area (Å²) < 4.78 is 5.23. The van der Waals surface area contributed by atoms with E-state index in [-0.39, 0.29) is 17.2 Å². The van der Waals surface area contributed by atoms with Crippen LogP contribution in [0.15, 0.2) is 4.52 Å². The number of likely N-dealkylation sites (tertiary alicyclic amines) is 1. The van der Waals surface area contributed by atoms with Crippen molar-refractivity contribution in [2.75, 3.05) is 6.54 Å². The Morgan fingerprint density at radius 3 is 2.86 bits per heavy atom. The number of carbonyl (C=O) groups excluding carboxylic acids is 1. The molecule has 2 atom stereocenters. The van der Waals surface area contributed by atoms with Gasteiger partial charge in [0, 0.05) is 31.3 Å². The summed E-state index contributed by atoms with van der Waals surface area (Å²) in [6.07, 6.45) is 4.70. The van der Waals surface area contributed by atoms with Crippen molar-refractivity contribution < 1.29 is 9.32 Å². The Morgan fingerprint density at radius 1 is 1.41 bits per heavy atom. The standard InChI is InChI=1S/C17H27N3O2/c1-11(2)16-18-14(22-19-16)8-9-15(21)20-10-17(3,4)12-6-5-7-13(12)20/h11-13H,5-10H2,1-4H3/t12-,13+/m1/s1. The minimum atomic E-state index is 0.242. The second kappa shape index (κ2) is 5.67. The number of amides is 1. The molecule has 1 aromatic rings. The first kappa shape index (κ1) is 15.5. The van der Waals surface area contributed by atoms with Crippen LogP contribution < -0.4 is 0 Å². The Balaban J connectivity index is 1.60. The average molecular weight is 305 g/mol. The van der Waals surface area contributed by atoms with Crippen LogP contribution in [-0.4, -0.2) is 33.5 Å². The van der Waals surface area contributed by atoms with Crippen molar-refractivity contribution in [3.05, 3.63) is 11.7 Å². The number of aromatic nitrogens is 2. The molecule has 0 radical (unpaired) electrons. The van der Waals surface area contributed by atoms with Crippen molar-refractivity contribution in [3.8, 4) is 0 Å². The van der Waals surface area contributed by atoms with Gasteiger partial charge in [0.25, 0.3) is 0 Å². The molecule has 2 fully saturated rings. The van der Waals surface area contributed by atoms with E-state index in [0.29, 0.717) is 30.7 Å². The summed E-state index contributed by atoms with van der Waals surface area (Å²) in [6, 6.07) is 0.455. The maximum Gasteiger partial charge on any atom is 0.227 e. The number of hydrogen-bond donors (Lipinski definition) is 0. The Bertz CT molecular complexity index is 550. The smallest absolute Gasteiger partial charge is 0.227 e. The fourth-order valence-corrected chi connectivity index (χ4v) is 4.13. The normalized spacial score (nSPS) is 26.7. The van der Waals surface area contributed by atoms with Gasteiger partial charge in [0.05, 0.1) is 0 Å². The second-order valence-electron chi connectivity index (χ2n) is 7.82. The molecule has 1 saturated heterocycles. The highest BCUT2D eigenvalue weighted by Gasteiger charge is 2.50. The molecule has 1 aromatic heterocycles. The molecule has 0 unspecified atom stereocenters. The maximum absolute atomic E-state index is 12.6. The summed E-state index contributed by atoms with van der Waals surface area (Å²) in [7, 11) is 0. The van der Waals surface area contributed by atoms with Crippen LogP contribution in [0.25, 0.3) is 0 Å². The Morgan fingerprint density at radius 2 is 2.18 bits per heavy atom. The molecular weight excluding hydrogens is 278 g/mol. The number of aryl methyl sites for hydroxylation is 1. The van der Waals surface area contributed by atoms with Crippen LogP contribution in [0.5, 0.6) is 0 Å². The zero-order chi connectivity index (χ0) is 15.9. The van der Waals surface area contributed by atoms with Crippen molar-refractivity contribution in [3.63, 3.8) is 0 Å². The van der Waals surface area contributed by atoms with Gasteiger partial charge in [-0.25, -0.2) is 0 Å². The van der Waals surface area contributed by atoms with Gasteiger partial charge in [-0.05, 0) is 24.2 Å². The molecule has 3 rings (SSSR count). The predicted molar refractivity (Wildman–Crippen MR) is 83.3 cm³/mol. The highest BCUT2D eigenvalue weighted by Crippen LogP contribution is 2.48. The third-order valence-electron chi connectivity index (χ3n) is 5.33. The lowest BCUT2D eigenvalue weighted by atomic mass is 9.80. The van der Waals surface area contributed by atoms with Crippen LogP contribution in [0, 0.1) is 11.3 Å². The lowest BCUT2D eigenvalue weighted by Gasteiger charge is -2.23. The highest BCUT2D eigenvalue weighted by molar-refractivity contribution is 5.77. The topological polar surface area (TPSA) is 59.2 Å². The minimum absolute atomic E-state index is 0.242. The van der Waals surface area contributed by atoms with Crippen LogP contribution >= 0.6 is 0 Å². The second-order valence-corrected chi connectivity index (χ2v) is 7.82. The van der Waals surface area contributed by atoms with Crippen LogP contribution in [0.3, 0.4) is 0 Å². The minimum Gasteiger partial charge on any atom is -0.339 e. The molecule has 22 heavy (non-hydrogen) atoms. The summed E-state index contributed by atoms with van der Waals surface area (Å²) in [5, 5.41) is 3.96. The van der Waals surface area contributed by atoms with Gasteiger partial charge >= 0.3 is 0 Å². The molecule has 1 aliphatic heterocycles. The maximum atomic E-state index is 12.6. The quantitative estimate of drug-likeness (QED) is 0.857. The number of fused-ring (bicyclic) bond motifs is 1. The molecule has 2 heterocycles. The molecule has 0 N–H and O–H groups in total. The van der Waals surface area contributed by atoms with E-state index >= 15 is 0 Å². The van der Waals surface area contributed by atoms with Crippen molar-refractivity contribution in [1.82, 2.24) is 15.0 Å². The van der Waals surface area contributed by atoms with Gasteiger partial charge in [0.2, 0.25) is 11.8 Å². The van der Waals surface area contributed by atoms with Gasteiger partial charge in [-0.3, -0.25) is 4.79 Å². The summed E-state index contributed by atoms with van der Waals surface area (Å²) in [5.74, 6) is 2.48. The van der Waals surface area contributed by atoms with Gasteiger partial charge in [-0.15, -0.1) is 0 Å². The zero-order valence-electron chi connectivity index (χ0n) is 14.1. The van der Waals surface area contributed by atoms with Crippen molar-refractivity contribution in [1.29, 1.82) is 0 Å². The first-order valence-corrected chi connectivity index (χ1v) is 8.50. The van der Waals surface area contributed by atoms with Gasteiger partial charge in [0.15, 0.2) is 5.82 Å². The number of hydrogen-bond acceptors (Lipinski definition) is 4. The van der Waals surface area contributed by atoms with E-state index in [1.165, 1.54) is 12.8 Å². The molecule has 5 heteroatoms. The van der Waals surface area contributed by atoms with Crippen molar-refractivity contribution in [2.45, 2.75) is 71.8 Å². The molecule has 122 valence electrons. The van der Waals surface area contributed by atoms with Crippen LogP contribution in [-0.2, 0) is 11.2 Å². The molecule has 5 nitrogen and oxygen atoms in total. The molecule has 0 spiro atoms. The molecule has 1 aliphatic carbocycles. The molecule has 0 bridgehead atoms. The third-order valence-corrected chi connectivity index (χ3v) is 5.33. The largest absolute Gasteiger partial charge is 0.339 e. The van der Waals surface area contributed by atoms with Crippen LogP contribution in [0.2, 0.25) is 0 Å². The fourth-order valence-electron chi connectivity index (χ4n) is 4.13. The predicted octanol–water partition coefficient (Wildman–Crippen LogP) is 3.16. The summed E-state index contributed by atoms with van der Waals surface area (Å²) in [4.78, 5) is 19.1. The van der Waals surface area contributed by atoms with E-state index in [1.807, 2.05) is 13.8 Å². The number of carbonyl (C=O) groups is 1. The van der Waals surface area contributed by atoms with Gasteiger partial charge in [-0.1, -0.05) is 39.3 Å². The van der Waals surface area contributed by atoms with Gasteiger partial charge in [-0.2, -0.15) is 4.98 Å². The Labute approximate surface area is 132 Å². The van der Waals surface area contributed by atoms with Crippen molar-refractivity contribution in [2.24, 2.45) is 11.3 Å². The fraction of sp³-hybridized carbons (Fsp3) is 0.824. The van der Waals surface area contributed by atoms with E-state index < -0.39 is 0 Å². The summed E-state index contributed by atoms with van der Waals surface area (Å²) in [6.45, 7) is 9.56. The average Bonchev–Trinajstić information content (AvgIpc) is 3.14. The Kier molecular flexibility index (Phi) is 4.00. The Hall–Kier alpha value is -1.39. The lowest BCUT2D eigenvalue weighted by molar-refractivity contribution is -0.132. The van der Waals surface area contributed by atoms with E-state index in [1.54, 1.807) is 0 Å². The molecule has 1 amide bonds. The van der Waals surface area contributed by atoms with E-state index in [9.17, 15) is 4.79 Å². The van der Waals surface area contributed by atoms with Gasteiger partial charge < -0.3 is 9.42 Å². The monoisotopic (exact) mass is 305 g/mol. The SMILES string of the molecule is CC(C)c1noc(CCC(=O)N2CC(C)(C)[C@@H]3CCC[C@@H]32)n1. The van der Waals surface area contributed by atoms with E-state index in [4.69, 9.17) is 4.52 Å². The first-order chi connectivity index (χ1) is 10.4. The third kappa shape index (κ3) is 2.77. The zero-order valence-corrected chi connectivity index (χ0v) is 14.1. The highest BCUT2D eigenvalue weighted by atomic mass is 16.5. The lowest BCUT2D eigenvalue weighted by Crippen LogP contribution is -2.36. The van der Waals surface area contributed by atoms with Crippen molar-refractivity contribution >= 4 is 5.91 Å². The number of rotatable bonds is 4. The van der Waals surface area contributed by atoms with Gasteiger partial charge in [0.1, 0.15) is 0 Å². The van der Waals surface area contributed by atoms with E-state index in [0.717, 1.165) is 18.8 Å². The number of nitrogens with zero attached hydrogens (tertiary/aromatic N) is 3. The van der Waals surface area contributed by atoms with E-state index in [2.05, 4.69) is 28.9 Å². The molecular formula is C17H27N3O2. The summed E-state index contributed by atoms with van der Waals surface area (Å²) >= 11 is 0. The van der Waals surface area contributed by atoms with Crippen LogP contribution in [0.4, 0.5) is 0 Å². The molecule has 1 saturated carbocycles. The summed E-state index contributed by atoms with van der Waals surface area (Å²) in [5.41, 5.74) is 0.256.